The number of phenolic OH excluding ortho intramolecular Hbond substituents is 2. The van der Waals surface area contributed by atoms with Crippen LogP contribution in [0.1, 0.15) is 0 Å². The highest BCUT2D eigenvalue weighted by Gasteiger charge is 2.11. The molecule has 0 atom stereocenters. The molecule has 1 aromatic carbocycles. The minimum Gasteiger partial charge on any atom is -0.502 e. The Labute approximate surface area is 70.0 Å². The topological polar surface area (TPSA) is 58.9 Å². The Kier molecular flexibility index (Phi) is 2.28. The van der Waals surface area contributed by atoms with E-state index in [1.54, 1.807) is 0 Å². The van der Waals surface area contributed by atoms with Gasteiger partial charge in [-0.3, -0.25) is 0 Å². The summed E-state index contributed by atoms with van der Waals surface area (Å²) in [5.41, 5.74) is 0. The number of aromatic hydroxyl groups is 2. The van der Waals surface area contributed by atoms with Crippen LogP contribution >= 0.6 is 0 Å². The molecular formula is C8H10O4. The van der Waals surface area contributed by atoms with Gasteiger partial charge < -0.3 is 19.7 Å². The third-order valence-electron chi connectivity index (χ3n) is 1.52. The van der Waals surface area contributed by atoms with Crippen molar-refractivity contribution in [2.75, 3.05) is 14.2 Å². The van der Waals surface area contributed by atoms with Crippen LogP contribution in [0.2, 0.25) is 0 Å². The van der Waals surface area contributed by atoms with Gasteiger partial charge >= 0.3 is 0 Å². The first kappa shape index (κ1) is 8.52. The maximum Gasteiger partial charge on any atom is 0.204 e. The van der Waals surface area contributed by atoms with Gasteiger partial charge in [0.25, 0.3) is 0 Å². The Morgan fingerprint density at radius 3 is 1.50 bits per heavy atom. The summed E-state index contributed by atoms with van der Waals surface area (Å²) in [6.07, 6.45) is 0. The van der Waals surface area contributed by atoms with E-state index in [0.717, 1.165) is 0 Å². The fourth-order valence-electron chi connectivity index (χ4n) is 0.872. The van der Waals surface area contributed by atoms with Gasteiger partial charge in [0.2, 0.25) is 11.5 Å². The van der Waals surface area contributed by atoms with Gasteiger partial charge in [0, 0.05) is 0 Å². The molecule has 1 rings (SSSR count). The molecular weight excluding hydrogens is 160 g/mol. The molecule has 0 amide bonds. The molecule has 0 aliphatic heterocycles. The van der Waals surface area contributed by atoms with Crippen molar-refractivity contribution in [3.8, 4) is 23.0 Å². The lowest BCUT2D eigenvalue weighted by molar-refractivity contribution is 0.328. The maximum absolute atomic E-state index is 9.25. The standard InChI is InChI=1S/C8H10O4/c1-11-5-3-4-6(12-2)8(10)7(5)9/h3-4,9-10H,1-2H3. The van der Waals surface area contributed by atoms with Crippen molar-refractivity contribution in [2.45, 2.75) is 0 Å². The third kappa shape index (κ3) is 1.23. The lowest BCUT2D eigenvalue weighted by Gasteiger charge is -2.07. The lowest BCUT2D eigenvalue weighted by Crippen LogP contribution is -1.87. The Hall–Kier alpha value is -1.58. The first-order chi connectivity index (χ1) is 5.70. The van der Waals surface area contributed by atoms with Crippen LogP contribution in [0.4, 0.5) is 0 Å². The zero-order valence-corrected chi connectivity index (χ0v) is 6.87. The third-order valence-corrected chi connectivity index (χ3v) is 1.52. The number of phenols is 2. The number of hydrogen-bond donors (Lipinski definition) is 2. The van der Waals surface area contributed by atoms with E-state index >= 15 is 0 Å². The Morgan fingerprint density at radius 2 is 1.25 bits per heavy atom. The Bertz CT molecular complexity index is 254. The van der Waals surface area contributed by atoms with E-state index in [2.05, 4.69) is 0 Å². The van der Waals surface area contributed by atoms with E-state index in [-0.39, 0.29) is 23.0 Å². The fraction of sp³-hybridized carbons (Fsp3) is 0.250. The van der Waals surface area contributed by atoms with Gasteiger partial charge in [-0.15, -0.1) is 0 Å². The molecule has 4 nitrogen and oxygen atoms in total. The normalized spacial score (nSPS) is 9.50. The average Bonchev–Trinajstić information content (AvgIpc) is 2.10. The molecule has 1 aromatic rings. The Balaban J connectivity index is 3.20. The van der Waals surface area contributed by atoms with Crippen LogP contribution in [-0.4, -0.2) is 24.4 Å². The zero-order chi connectivity index (χ0) is 9.14. The summed E-state index contributed by atoms with van der Waals surface area (Å²) in [7, 11) is 2.81. The summed E-state index contributed by atoms with van der Waals surface area (Å²) in [4.78, 5) is 0. The molecule has 0 unspecified atom stereocenters. The minimum atomic E-state index is -0.308. The first-order valence-corrected chi connectivity index (χ1v) is 3.33. The van der Waals surface area contributed by atoms with Crippen molar-refractivity contribution < 1.29 is 19.7 Å². The molecule has 0 fully saturated rings. The van der Waals surface area contributed by atoms with Crippen molar-refractivity contribution in [3.05, 3.63) is 12.1 Å². The maximum atomic E-state index is 9.25. The molecule has 0 aliphatic rings. The molecule has 0 bridgehead atoms. The smallest absolute Gasteiger partial charge is 0.204 e. The predicted molar refractivity (Wildman–Crippen MR) is 42.9 cm³/mol. The van der Waals surface area contributed by atoms with Crippen LogP contribution in [0.25, 0.3) is 0 Å². The van der Waals surface area contributed by atoms with Crippen LogP contribution in [0.5, 0.6) is 23.0 Å². The van der Waals surface area contributed by atoms with Crippen LogP contribution in [0.3, 0.4) is 0 Å². The zero-order valence-electron chi connectivity index (χ0n) is 6.87. The van der Waals surface area contributed by atoms with Crippen molar-refractivity contribution in [2.24, 2.45) is 0 Å². The van der Waals surface area contributed by atoms with Gasteiger partial charge in [-0.2, -0.15) is 0 Å². The van der Waals surface area contributed by atoms with Gasteiger partial charge in [-0.25, -0.2) is 0 Å². The molecule has 0 aliphatic carbocycles. The molecule has 0 spiro atoms. The number of hydrogen-bond acceptors (Lipinski definition) is 4. The molecule has 0 saturated carbocycles. The summed E-state index contributed by atoms with van der Waals surface area (Å²) in [6, 6.07) is 3.02. The first-order valence-electron chi connectivity index (χ1n) is 3.33. The number of ether oxygens (including phenoxy) is 2. The van der Waals surface area contributed by atoms with Crippen LogP contribution < -0.4 is 9.47 Å². The van der Waals surface area contributed by atoms with Crippen molar-refractivity contribution >= 4 is 0 Å². The molecule has 0 heterocycles. The second kappa shape index (κ2) is 3.21. The summed E-state index contributed by atoms with van der Waals surface area (Å²) in [5, 5.41) is 18.5. The molecule has 0 saturated heterocycles. The number of benzene rings is 1. The summed E-state index contributed by atoms with van der Waals surface area (Å²) >= 11 is 0. The summed E-state index contributed by atoms with van der Waals surface area (Å²) in [6.45, 7) is 0. The highest BCUT2D eigenvalue weighted by atomic mass is 16.5. The average molecular weight is 170 g/mol. The van der Waals surface area contributed by atoms with Gasteiger partial charge in [0.05, 0.1) is 14.2 Å². The lowest BCUT2D eigenvalue weighted by atomic mass is 10.3. The molecule has 66 valence electrons. The van der Waals surface area contributed by atoms with E-state index in [1.165, 1.54) is 26.4 Å². The summed E-state index contributed by atoms with van der Waals surface area (Å²) in [5.74, 6) is -0.185. The highest BCUT2D eigenvalue weighted by Crippen LogP contribution is 2.41. The second-order valence-electron chi connectivity index (χ2n) is 2.17. The van der Waals surface area contributed by atoms with E-state index in [0.29, 0.717) is 0 Å². The van der Waals surface area contributed by atoms with Crippen molar-refractivity contribution in [1.29, 1.82) is 0 Å². The largest absolute Gasteiger partial charge is 0.502 e. The van der Waals surface area contributed by atoms with Crippen molar-refractivity contribution in [3.63, 3.8) is 0 Å². The monoisotopic (exact) mass is 170 g/mol. The molecule has 4 heteroatoms. The van der Waals surface area contributed by atoms with Crippen LogP contribution in [0, 0.1) is 0 Å². The molecule has 0 aromatic heterocycles. The fourth-order valence-corrected chi connectivity index (χ4v) is 0.872. The Morgan fingerprint density at radius 1 is 0.917 bits per heavy atom. The molecule has 2 N–H and O–H groups in total. The van der Waals surface area contributed by atoms with Crippen LogP contribution in [0.15, 0.2) is 12.1 Å². The van der Waals surface area contributed by atoms with E-state index < -0.39 is 0 Å². The van der Waals surface area contributed by atoms with E-state index in [1.807, 2.05) is 0 Å². The van der Waals surface area contributed by atoms with E-state index in [4.69, 9.17) is 9.47 Å². The molecule has 0 radical (unpaired) electrons. The highest BCUT2D eigenvalue weighted by molar-refractivity contribution is 5.57. The predicted octanol–water partition coefficient (Wildman–Crippen LogP) is 1.11. The summed E-state index contributed by atoms with van der Waals surface area (Å²) < 4.78 is 9.52. The molecule has 12 heavy (non-hydrogen) atoms. The second-order valence-corrected chi connectivity index (χ2v) is 2.17. The van der Waals surface area contributed by atoms with E-state index in [9.17, 15) is 10.2 Å². The van der Waals surface area contributed by atoms with Gasteiger partial charge in [0.1, 0.15) is 0 Å². The van der Waals surface area contributed by atoms with Crippen molar-refractivity contribution in [1.82, 2.24) is 0 Å². The van der Waals surface area contributed by atoms with Gasteiger partial charge in [-0.1, -0.05) is 0 Å². The van der Waals surface area contributed by atoms with Gasteiger partial charge in [-0.05, 0) is 12.1 Å². The minimum absolute atomic E-state index is 0.216. The van der Waals surface area contributed by atoms with Crippen LogP contribution in [-0.2, 0) is 0 Å². The number of methoxy groups -OCH3 is 2. The number of rotatable bonds is 2. The quantitative estimate of drug-likeness (QED) is 0.653. The SMILES string of the molecule is COc1ccc(OC)c(O)c1O. The van der Waals surface area contributed by atoms with Gasteiger partial charge in [0.15, 0.2) is 11.5 Å².